The maximum absolute atomic E-state index is 11.9. The molecule has 0 amide bonds. The summed E-state index contributed by atoms with van der Waals surface area (Å²) in [6.45, 7) is 5.61. The first-order chi connectivity index (χ1) is 8.46. The fourth-order valence-corrected chi connectivity index (χ4v) is 2.42. The summed E-state index contributed by atoms with van der Waals surface area (Å²) in [5.74, 6) is -0.263. The molecule has 0 spiro atoms. The zero-order valence-electron chi connectivity index (χ0n) is 10.8. The lowest BCUT2D eigenvalue weighted by Gasteiger charge is -2.18. The van der Waals surface area contributed by atoms with Crippen molar-refractivity contribution in [3.05, 3.63) is 47.3 Å². The molecule has 0 aliphatic heterocycles. The van der Waals surface area contributed by atoms with E-state index in [1.54, 1.807) is 11.3 Å². The van der Waals surface area contributed by atoms with Crippen molar-refractivity contribution in [2.45, 2.75) is 26.4 Å². The monoisotopic (exact) mass is 260 g/mol. The molecule has 0 N–H and O–H groups in total. The Bertz CT molecular complexity index is 535. The molecule has 1 aromatic heterocycles. The fraction of sp³-hybridized carbons (Fsp3) is 0.267. The third-order valence-corrected chi connectivity index (χ3v) is 3.27. The largest absolute Gasteiger partial charge is 0.456 e. The summed E-state index contributed by atoms with van der Waals surface area (Å²) in [5.41, 5.74) is 1.29. The van der Waals surface area contributed by atoms with Crippen LogP contribution in [0.25, 0.3) is 10.4 Å². The first-order valence-electron chi connectivity index (χ1n) is 5.83. The average molecular weight is 260 g/mol. The van der Waals surface area contributed by atoms with E-state index in [1.807, 2.05) is 62.5 Å². The van der Waals surface area contributed by atoms with Crippen LogP contribution in [0, 0.1) is 0 Å². The second-order valence-electron chi connectivity index (χ2n) is 5.07. The van der Waals surface area contributed by atoms with E-state index in [4.69, 9.17) is 4.74 Å². The van der Waals surface area contributed by atoms with Crippen LogP contribution < -0.4 is 0 Å². The number of thiophene rings is 1. The van der Waals surface area contributed by atoms with E-state index in [0.29, 0.717) is 5.56 Å². The zero-order valence-corrected chi connectivity index (χ0v) is 11.6. The Kier molecular flexibility index (Phi) is 3.53. The molecule has 2 nitrogen and oxygen atoms in total. The molecule has 0 aliphatic carbocycles. The van der Waals surface area contributed by atoms with Gasteiger partial charge in [-0.25, -0.2) is 4.79 Å². The number of esters is 1. The molecule has 3 heteroatoms. The number of benzene rings is 1. The van der Waals surface area contributed by atoms with Gasteiger partial charge in [-0.1, -0.05) is 30.3 Å². The van der Waals surface area contributed by atoms with E-state index < -0.39 is 5.60 Å². The van der Waals surface area contributed by atoms with Crippen LogP contribution in [0.5, 0.6) is 0 Å². The van der Waals surface area contributed by atoms with Crippen molar-refractivity contribution < 1.29 is 9.53 Å². The highest BCUT2D eigenvalue weighted by molar-refractivity contribution is 7.13. The van der Waals surface area contributed by atoms with Crippen molar-refractivity contribution in [1.29, 1.82) is 0 Å². The topological polar surface area (TPSA) is 26.3 Å². The number of hydrogen-bond donors (Lipinski definition) is 0. The molecule has 1 heterocycles. The summed E-state index contributed by atoms with van der Waals surface area (Å²) in [6, 6.07) is 11.9. The highest BCUT2D eigenvalue weighted by Gasteiger charge is 2.19. The van der Waals surface area contributed by atoms with Crippen LogP contribution in [-0.2, 0) is 4.74 Å². The van der Waals surface area contributed by atoms with Gasteiger partial charge in [0.15, 0.2) is 0 Å². The Morgan fingerprint density at radius 3 is 2.44 bits per heavy atom. The molecule has 0 saturated heterocycles. The molecule has 0 unspecified atom stereocenters. The Morgan fingerprint density at radius 2 is 1.83 bits per heavy atom. The van der Waals surface area contributed by atoms with Crippen molar-refractivity contribution >= 4 is 17.3 Å². The lowest BCUT2D eigenvalue weighted by Crippen LogP contribution is -2.23. The standard InChI is InChI=1S/C15H16O2S/c1-15(2,3)17-14(16)12-9-13(18-10-12)11-7-5-4-6-8-11/h4-10H,1-3H3. The summed E-state index contributed by atoms with van der Waals surface area (Å²) >= 11 is 1.56. The van der Waals surface area contributed by atoms with Crippen molar-refractivity contribution in [3.63, 3.8) is 0 Å². The quantitative estimate of drug-likeness (QED) is 0.749. The van der Waals surface area contributed by atoms with Gasteiger partial charge in [0.1, 0.15) is 5.60 Å². The molecular weight excluding hydrogens is 244 g/mol. The second-order valence-corrected chi connectivity index (χ2v) is 5.98. The zero-order chi connectivity index (χ0) is 13.2. The lowest BCUT2D eigenvalue weighted by atomic mass is 10.1. The number of hydrogen-bond acceptors (Lipinski definition) is 3. The lowest BCUT2D eigenvalue weighted by molar-refractivity contribution is 0.00702. The van der Waals surface area contributed by atoms with Crippen LogP contribution in [0.1, 0.15) is 31.1 Å². The average Bonchev–Trinajstić information content (AvgIpc) is 2.77. The van der Waals surface area contributed by atoms with E-state index >= 15 is 0 Å². The van der Waals surface area contributed by atoms with Gasteiger partial charge < -0.3 is 4.74 Å². The van der Waals surface area contributed by atoms with Crippen molar-refractivity contribution in [1.82, 2.24) is 0 Å². The molecule has 0 fully saturated rings. The molecule has 94 valence electrons. The van der Waals surface area contributed by atoms with Gasteiger partial charge in [0.2, 0.25) is 0 Å². The number of rotatable bonds is 2. The predicted molar refractivity (Wildman–Crippen MR) is 74.9 cm³/mol. The van der Waals surface area contributed by atoms with Gasteiger partial charge in [-0.3, -0.25) is 0 Å². The maximum Gasteiger partial charge on any atom is 0.339 e. The highest BCUT2D eigenvalue weighted by atomic mass is 32.1. The van der Waals surface area contributed by atoms with Gasteiger partial charge in [-0.15, -0.1) is 11.3 Å². The van der Waals surface area contributed by atoms with E-state index in [0.717, 1.165) is 10.4 Å². The molecule has 0 aliphatic rings. The van der Waals surface area contributed by atoms with Crippen LogP contribution in [0.15, 0.2) is 41.8 Å². The third kappa shape index (κ3) is 3.20. The molecule has 0 radical (unpaired) electrons. The van der Waals surface area contributed by atoms with E-state index in [9.17, 15) is 4.79 Å². The van der Waals surface area contributed by atoms with Crippen molar-refractivity contribution in [3.8, 4) is 10.4 Å². The molecule has 0 bridgehead atoms. The van der Waals surface area contributed by atoms with Gasteiger partial charge >= 0.3 is 5.97 Å². The SMILES string of the molecule is CC(C)(C)OC(=O)c1csc(-c2ccccc2)c1. The Labute approximate surface area is 111 Å². The van der Waals surface area contributed by atoms with Gasteiger partial charge in [0.05, 0.1) is 5.56 Å². The van der Waals surface area contributed by atoms with Crippen molar-refractivity contribution in [2.75, 3.05) is 0 Å². The molecular formula is C15H16O2S. The van der Waals surface area contributed by atoms with Crippen LogP contribution in [-0.4, -0.2) is 11.6 Å². The van der Waals surface area contributed by atoms with Crippen LogP contribution in [0.3, 0.4) is 0 Å². The van der Waals surface area contributed by atoms with Gasteiger partial charge in [-0.05, 0) is 32.4 Å². The summed E-state index contributed by atoms with van der Waals surface area (Å²) in [4.78, 5) is 13.0. The maximum atomic E-state index is 11.9. The number of ether oxygens (including phenoxy) is 1. The van der Waals surface area contributed by atoms with Gasteiger partial charge in [-0.2, -0.15) is 0 Å². The Hall–Kier alpha value is -1.61. The summed E-state index contributed by atoms with van der Waals surface area (Å²) in [5, 5.41) is 1.84. The second kappa shape index (κ2) is 4.94. The molecule has 1 aromatic carbocycles. The normalized spacial score (nSPS) is 11.3. The smallest absolute Gasteiger partial charge is 0.339 e. The van der Waals surface area contributed by atoms with E-state index in [-0.39, 0.29) is 5.97 Å². The first kappa shape index (κ1) is 12.8. The molecule has 0 saturated carbocycles. The number of carbonyl (C=O) groups is 1. The molecule has 2 rings (SSSR count). The summed E-state index contributed by atoms with van der Waals surface area (Å²) in [7, 11) is 0. The third-order valence-electron chi connectivity index (χ3n) is 2.29. The number of carbonyl (C=O) groups excluding carboxylic acids is 1. The molecule has 2 aromatic rings. The minimum absolute atomic E-state index is 0.263. The fourth-order valence-electron chi connectivity index (χ4n) is 1.53. The van der Waals surface area contributed by atoms with E-state index in [2.05, 4.69) is 0 Å². The molecule has 0 atom stereocenters. The first-order valence-corrected chi connectivity index (χ1v) is 6.71. The highest BCUT2D eigenvalue weighted by Crippen LogP contribution is 2.27. The van der Waals surface area contributed by atoms with Crippen LogP contribution in [0.4, 0.5) is 0 Å². The Balaban J connectivity index is 2.19. The van der Waals surface area contributed by atoms with E-state index in [1.165, 1.54) is 0 Å². The molecule has 18 heavy (non-hydrogen) atoms. The summed E-state index contributed by atoms with van der Waals surface area (Å²) in [6.07, 6.45) is 0. The minimum Gasteiger partial charge on any atom is -0.456 e. The van der Waals surface area contributed by atoms with Crippen LogP contribution in [0.2, 0.25) is 0 Å². The van der Waals surface area contributed by atoms with Gasteiger partial charge in [0.25, 0.3) is 0 Å². The minimum atomic E-state index is -0.452. The van der Waals surface area contributed by atoms with Gasteiger partial charge in [0, 0.05) is 10.3 Å². The predicted octanol–water partition coefficient (Wildman–Crippen LogP) is 4.37. The van der Waals surface area contributed by atoms with Crippen molar-refractivity contribution in [2.24, 2.45) is 0 Å². The summed E-state index contributed by atoms with van der Waals surface area (Å²) < 4.78 is 5.34. The van der Waals surface area contributed by atoms with Crippen LogP contribution >= 0.6 is 11.3 Å². The Morgan fingerprint density at radius 1 is 1.17 bits per heavy atom.